The molecule has 0 saturated heterocycles. The fraction of sp³-hybridized carbons (Fsp3) is 0.333. The molecule has 1 heterocycles. The van der Waals surface area contributed by atoms with Gasteiger partial charge in [-0.3, -0.25) is 9.59 Å². The molecule has 5 heteroatoms. The Kier molecular flexibility index (Phi) is 4.37. The second kappa shape index (κ2) is 6.83. The summed E-state index contributed by atoms with van der Waals surface area (Å²) in [6, 6.07) is 15.5. The van der Waals surface area contributed by atoms with E-state index in [4.69, 9.17) is 4.74 Å². The molecule has 2 aromatic carbocycles. The zero-order valence-electron chi connectivity index (χ0n) is 14.8. The van der Waals surface area contributed by atoms with E-state index in [1.807, 2.05) is 60.4 Å². The lowest BCUT2D eigenvalue weighted by atomic mass is 10.1. The standard InChI is InChI=1S/C21H22N2O3/c1-14(15-5-3-2-4-6-15)23-12-17-11-18(22-21(25)16-7-8-16)9-10-19(17)26-13-20(23)24/h2-6,9-11,14,16H,7-8,12-13H2,1H3,(H,22,25). The van der Waals surface area contributed by atoms with Crippen molar-refractivity contribution in [2.24, 2.45) is 5.92 Å². The Bertz CT molecular complexity index is 830. The summed E-state index contributed by atoms with van der Waals surface area (Å²) in [5.41, 5.74) is 2.75. The van der Waals surface area contributed by atoms with Gasteiger partial charge in [-0.1, -0.05) is 30.3 Å². The molecule has 0 radical (unpaired) electrons. The van der Waals surface area contributed by atoms with Crippen molar-refractivity contribution in [1.29, 1.82) is 0 Å². The maximum Gasteiger partial charge on any atom is 0.261 e. The second-order valence-electron chi connectivity index (χ2n) is 6.98. The third kappa shape index (κ3) is 3.43. The molecule has 1 aliphatic heterocycles. The number of rotatable bonds is 4. The highest BCUT2D eigenvalue weighted by Gasteiger charge is 2.30. The van der Waals surface area contributed by atoms with E-state index in [0.717, 1.165) is 29.7 Å². The number of nitrogens with zero attached hydrogens (tertiary/aromatic N) is 1. The first kappa shape index (κ1) is 16.6. The molecule has 5 nitrogen and oxygen atoms in total. The Morgan fingerprint density at radius 3 is 2.69 bits per heavy atom. The van der Waals surface area contributed by atoms with Gasteiger partial charge in [0.1, 0.15) is 5.75 Å². The average Bonchev–Trinajstić information content (AvgIpc) is 3.50. The summed E-state index contributed by atoms with van der Waals surface area (Å²) in [7, 11) is 0. The summed E-state index contributed by atoms with van der Waals surface area (Å²) in [6.07, 6.45) is 1.94. The highest BCUT2D eigenvalue weighted by atomic mass is 16.5. The molecule has 0 bridgehead atoms. The molecule has 26 heavy (non-hydrogen) atoms. The Labute approximate surface area is 153 Å². The predicted molar refractivity (Wildman–Crippen MR) is 98.7 cm³/mol. The maximum absolute atomic E-state index is 12.6. The van der Waals surface area contributed by atoms with E-state index in [2.05, 4.69) is 5.32 Å². The first-order chi connectivity index (χ1) is 12.6. The van der Waals surface area contributed by atoms with Gasteiger partial charge in [0.2, 0.25) is 5.91 Å². The molecule has 2 aromatic rings. The first-order valence-corrected chi connectivity index (χ1v) is 9.03. The predicted octanol–water partition coefficient (Wildman–Crippen LogP) is 3.52. The van der Waals surface area contributed by atoms with Crippen LogP contribution in [-0.2, 0) is 16.1 Å². The van der Waals surface area contributed by atoms with Gasteiger partial charge in [-0.2, -0.15) is 0 Å². The molecular formula is C21H22N2O3. The lowest BCUT2D eigenvalue weighted by Gasteiger charge is -2.28. The van der Waals surface area contributed by atoms with Crippen molar-refractivity contribution in [2.45, 2.75) is 32.4 Å². The molecule has 134 valence electrons. The highest BCUT2D eigenvalue weighted by Crippen LogP contribution is 2.33. The number of nitrogens with one attached hydrogen (secondary N) is 1. The number of carbonyl (C=O) groups is 2. The minimum Gasteiger partial charge on any atom is -0.483 e. The molecule has 1 saturated carbocycles. The van der Waals surface area contributed by atoms with E-state index in [9.17, 15) is 9.59 Å². The average molecular weight is 350 g/mol. The van der Waals surface area contributed by atoms with Crippen LogP contribution >= 0.6 is 0 Å². The van der Waals surface area contributed by atoms with E-state index < -0.39 is 0 Å². The third-order valence-corrected chi connectivity index (χ3v) is 5.04. The fourth-order valence-electron chi connectivity index (χ4n) is 3.27. The van der Waals surface area contributed by atoms with Crippen LogP contribution in [0.25, 0.3) is 0 Å². The van der Waals surface area contributed by atoms with Gasteiger partial charge in [0.15, 0.2) is 6.61 Å². The van der Waals surface area contributed by atoms with Crippen LogP contribution < -0.4 is 10.1 Å². The molecule has 2 aliphatic rings. The van der Waals surface area contributed by atoms with Crippen LogP contribution in [-0.4, -0.2) is 23.3 Å². The Balaban J connectivity index is 1.58. The van der Waals surface area contributed by atoms with Gasteiger partial charge < -0.3 is 15.0 Å². The molecular weight excluding hydrogens is 328 g/mol. The van der Waals surface area contributed by atoms with Crippen molar-refractivity contribution in [3.63, 3.8) is 0 Å². The quantitative estimate of drug-likeness (QED) is 0.918. The van der Waals surface area contributed by atoms with E-state index in [-0.39, 0.29) is 30.4 Å². The number of hydrogen-bond donors (Lipinski definition) is 1. The maximum atomic E-state index is 12.6. The van der Waals surface area contributed by atoms with Gasteiger partial charge in [0.05, 0.1) is 12.6 Å². The number of benzene rings is 2. The summed E-state index contributed by atoms with van der Waals surface area (Å²) in [5.74, 6) is 0.887. The molecule has 2 amide bonds. The van der Waals surface area contributed by atoms with Crippen LogP contribution in [0.15, 0.2) is 48.5 Å². The highest BCUT2D eigenvalue weighted by molar-refractivity contribution is 5.94. The number of hydrogen-bond acceptors (Lipinski definition) is 3. The monoisotopic (exact) mass is 350 g/mol. The van der Waals surface area contributed by atoms with E-state index >= 15 is 0 Å². The van der Waals surface area contributed by atoms with E-state index in [1.165, 1.54) is 0 Å². The molecule has 1 aliphatic carbocycles. The van der Waals surface area contributed by atoms with Crippen molar-refractivity contribution in [3.05, 3.63) is 59.7 Å². The molecule has 4 rings (SSSR count). The number of fused-ring (bicyclic) bond motifs is 1. The van der Waals surface area contributed by atoms with Gasteiger partial charge in [0, 0.05) is 17.2 Å². The van der Waals surface area contributed by atoms with Crippen LogP contribution in [0.3, 0.4) is 0 Å². The summed E-state index contributed by atoms with van der Waals surface area (Å²) in [4.78, 5) is 26.4. The first-order valence-electron chi connectivity index (χ1n) is 9.03. The van der Waals surface area contributed by atoms with Crippen LogP contribution in [0, 0.1) is 5.92 Å². The molecule has 0 spiro atoms. The Morgan fingerprint density at radius 2 is 1.96 bits per heavy atom. The van der Waals surface area contributed by atoms with E-state index in [1.54, 1.807) is 0 Å². The minimum atomic E-state index is -0.0528. The molecule has 1 unspecified atom stereocenters. The van der Waals surface area contributed by atoms with Crippen molar-refractivity contribution in [3.8, 4) is 5.75 Å². The molecule has 1 N–H and O–H groups in total. The normalized spacial score (nSPS) is 17.7. The summed E-state index contributed by atoms with van der Waals surface area (Å²) < 4.78 is 5.69. The topological polar surface area (TPSA) is 58.6 Å². The molecule has 0 aromatic heterocycles. The lowest BCUT2D eigenvalue weighted by Crippen LogP contribution is -2.34. The van der Waals surface area contributed by atoms with Crippen LogP contribution in [0.5, 0.6) is 5.75 Å². The van der Waals surface area contributed by atoms with E-state index in [0.29, 0.717) is 12.3 Å². The Morgan fingerprint density at radius 1 is 1.19 bits per heavy atom. The van der Waals surface area contributed by atoms with Gasteiger partial charge in [-0.25, -0.2) is 0 Å². The van der Waals surface area contributed by atoms with Gasteiger partial charge in [0.25, 0.3) is 5.91 Å². The number of ether oxygens (including phenoxy) is 1. The smallest absolute Gasteiger partial charge is 0.261 e. The zero-order chi connectivity index (χ0) is 18.1. The van der Waals surface area contributed by atoms with Gasteiger partial charge in [-0.15, -0.1) is 0 Å². The number of anilines is 1. The van der Waals surface area contributed by atoms with Gasteiger partial charge in [-0.05, 0) is 43.5 Å². The van der Waals surface area contributed by atoms with Crippen molar-refractivity contribution in [2.75, 3.05) is 11.9 Å². The fourth-order valence-corrected chi connectivity index (χ4v) is 3.27. The summed E-state index contributed by atoms with van der Waals surface area (Å²) in [5, 5.41) is 2.96. The van der Waals surface area contributed by atoms with Crippen LogP contribution in [0.2, 0.25) is 0 Å². The van der Waals surface area contributed by atoms with Crippen molar-refractivity contribution < 1.29 is 14.3 Å². The Hall–Kier alpha value is -2.82. The van der Waals surface area contributed by atoms with Gasteiger partial charge >= 0.3 is 0 Å². The molecule has 1 atom stereocenters. The zero-order valence-corrected chi connectivity index (χ0v) is 14.8. The SMILES string of the molecule is CC(c1ccccc1)N1Cc2cc(NC(=O)C3CC3)ccc2OCC1=O. The second-order valence-corrected chi connectivity index (χ2v) is 6.98. The van der Waals surface area contributed by atoms with Crippen molar-refractivity contribution >= 4 is 17.5 Å². The van der Waals surface area contributed by atoms with Crippen molar-refractivity contribution in [1.82, 2.24) is 4.90 Å². The van der Waals surface area contributed by atoms with Crippen LogP contribution in [0.1, 0.15) is 36.9 Å². The lowest BCUT2D eigenvalue weighted by molar-refractivity contribution is -0.135. The molecule has 1 fully saturated rings. The number of amides is 2. The number of carbonyl (C=O) groups excluding carboxylic acids is 2. The third-order valence-electron chi connectivity index (χ3n) is 5.04. The van der Waals surface area contributed by atoms with Crippen LogP contribution in [0.4, 0.5) is 5.69 Å². The summed E-state index contributed by atoms with van der Waals surface area (Å²) in [6.45, 7) is 2.51. The minimum absolute atomic E-state index is 0.0257. The largest absolute Gasteiger partial charge is 0.483 e. The summed E-state index contributed by atoms with van der Waals surface area (Å²) >= 11 is 0.